The first-order chi connectivity index (χ1) is 8.20. The van der Waals surface area contributed by atoms with E-state index in [1.165, 1.54) is 0 Å². The van der Waals surface area contributed by atoms with Crippen LogP contribution in [0, 0.1) is 12.6 Å². The number of ether oxygens (including phenoxy) is 1. The van der Waals surface area contributed by atoms with Gasteiger partial charge >= 0.3 is 98.1 Å². The molecule has 4 nitrogen and oxygen atoms in total. The minimum absolute atomic E-state index is 0.125. The number of furan rings is 1. The fourth-order valence-electron chi connectivity index (χ4n) is 1.43. The number of carbonyl (C=O) groups is 1. The molecular formula is C12H9O4P. The van der Waals surface area contributed by atoms with Gasteiger partial charge in [0, 0.05) is 0 Å². The second kappa shape index (κ2) is 5.05. The molecule has 0 saturated heterocycles. The van der Waals surface area contributed by atoms with Gasteiger partial charge in [-0.25, -0.2) is 0 Å². The topological polar surface area (TPSA) is 56.5 Å². The number of fused-ring (bicyclic) bond motifs is 1. The Labute approximate surface area is 98.7 Å². The predicted molar refractivity (Wildman–Crippen MR) is 62.7 cm³/mol. The molecule has 0 spiro atoms. The summed E-state index contributed by atoms with van der Waals surface area (Å²) in [4.78, 5) is 11.5. The number of benzene rings is 1. The van der Waals surface area contributed by atoms with E-state index in [0.29, 0.717) is 5.58 Å². The van der Waals surface area contributed by atoms with Crippen molar-refractivity contribution in [2.24, 2.45) is 0 Å². The third-order valence-electron chi connectivity index (χ3n) is 2.21. The van der Waals surface area contributed by atoms with Crippen LogP contribution in [0.4, 0.5) is 0 Å². The predicted octanol–water partition coefficient (Wildman–Crippen LogP) is 3.15. The summed E-state index contributed by atoms with van der Waals surface area (Å²) >= 11 is 0. The molecule has 2 rings (SSSR count). The van der Waals surface area contributed by atoms with Gasteiger partial charge in [0.25, 0.3) is 0 Å². The van der Waals surface area contributed by atoms with Crippen LogP contribution in [0.3, 0.4) is 0 Å². The third kappa shape index (κ3) is 2.68. The van der Waals surface area contributed by atoms with E-state index in [4.69, 9.17) is 9.15 Å². The monoisotopic (exact) mass is 248 g/mol. The maximum atomic E-state index is 11.5. The molecular weight excluding hydrogens is 239 g/mol. The second-order valence-electron chi connectivity index (χ2n) is 3.48. The summed E-state index contributed by atoms with van der Waals surface area (Å²) in [7, 11) is -0.283. The molecule has 86 valence electrons. The van der Waals surface area contributed by atoms with Crippen molar-refractivity contribution < 1.29 is 18.5 Å². The van der Waals surface area contributed by atoms with E-state index >= 15 is 0 Å². The molecule has 0 aliphatic rings. The van der Waals surface area contributed by atoms with Gasteiger partial charge in [-0.2, -0.15) is 0 Å². The Morgan fingerprint density at radius 3 is 3.06 bits per heavy atom. The Balaban J connectivity index is 2.26. The van der Waals surface area contributed by atoms with Gasteiger partial charge in [-0.15, -0.1) is 0 Å². The van der Waals surface area contributed by atoms with Crippen molar-refractivity contribution in [3.05, 3.63) is 35.6 Å². The normalized spacial score (nSPS) is 9.94. The van der Waals surface area contributed by atoms with E-state index in [1.807, 2.05) is 25.1 Å². The molecule has 0 saturated carbocycles. The zero-order valence-electron chi connectivity index (χ0n) is 9.10. The first-order valence-corrected chi connectivity index (χ1v) is 5.74. The first-order valence-electron chi connectivity index (χ1n) is 4.93. The van der Waals surface area contributed by atoms with E-state index in [2.05, 4.69) is 5.63 Å². The molecule has 2 aromatic rings. The van der Waals surface area contributed by atoms with Crippen LogP contribution < -0.4 is 0 Å². The van der Waals surface area contributed by atoms with E-state index in [1.54, 1.807) is 6.07 Å². The Bertz CT molecular complexity index is 666. The van der Waals surface area contributed by atoms with Crippen molar-refractivity contribution >= 4 is 24.9 Å². The summed E-state index contributed by atoms with van der Waals surface area (Å²) in [5.74, 6) is -0.454. The van der Waals surface area contributed by atoms with E-state index in [0.717, 1.165) is 10.9 Å². The molecule has 1 heterocycles. The van der Waals surface area contributed by atoms with Gasteiger partial charge in [-0.1, -0.05) is 0 Å². The molecule has 0 aliphatic heterocycles. The fourth-order valence-corrected chi connectivity index (χ4v) is 1.55. The van der Waals surface area contributed by atoms with Gasteiger partial charge in [-0.05, 0) is 0 Å². The summed E-state index contributed by atoms with van der Waals surface area (Å²) in [5, 5.41) is 0.845. The van der Waals surface area contributed by atoms with Crippen molar-refractivity contribution in [3.8, 4) is 5.63 Å². The van der Waals surface area contributed by atoms with Crippen LogP contribution in [-0.4, -0.2) is 12.6 Å². The van der Waals surface area contributed by atoms with Gasteiger partial charge in [0.05, 0.1) is 0 Å². The molecule has 1 aromatic heterocycles. The Hall–Kier alpha value is -1.76. The maximum absolute atomic E-state index is 11.5. The number of hydrogen-bond acceptors (Lipinski definition) is 4. The minimum atomic E-state index is -0.588. The van der Waals surface area contributed by atoms with Gasteiger partial charge in [0.15, 0.2) is 0 Å². The quantitative estimate of drug-likeness (QED) is 0.605. The molecule has 0 bridgehead atoms. The van der Waals surface area contributed by atoms with Crippen LogP contribution in [0.5, 0.6) is 0 Å². The first kappa shape index (κ1) is 11.7. The van der Waals surface area contributed by atoms with Crippen molar-refractivity contribution in [2.45, 2.75) is 6.92 Å². The molecule has 0 unspecified atom stereocenters. The zero-order valence-corrected chi connectivity index (χ0v) is 9.99. The van der Waals surface area contributed by atoms with E-state index in [-0.39, 0.29) is 20.3 Å². The fraction of sp³-hybridized carbons (Fsp3) is 0.167. The van der Waals surface area contributed by atoms with Gasteiger partial charge in [0.2, 0.25) is 0 Å². The molecule has 1 aromatic carbocycles. The zero-order chi connectivity index (χ0) is 12.3. The second-order valence-corrected chi connectivity index (χ2v) is 3.98. The SMILES string of the molecule is Cc1ccc2cc(C(=O)OCC#P=O)oc2c1. The van der Waals surface area contributed by atoms with Crippen LogP contribution >= 0.6 is 7.92 Å². The van der Waals surface area contributed by atoms with Crippen LogP contribution in [0.25, 0.3) is 11.0 Å². The van der Waals surface area contributed by atoms with E-state index in [9.17, 15) is 9.36 Å². The average Bonchev–Trinajstić information content (AvgIpc) is 2.72. The summed E-state index contributed by atoms with van der Waals surface area (Å²) in [6.45, 7) is 1.82. The molecule has 0 aliphatic carbocycles. The van der Waals surface area contributed by atoms with Crippen molar-refractivity contribution in [1.82, 2.24) is 0 Å². The molecule has 0 atom stereocenters. The van der Waals surface area contributed by atoms with Gasteiger partial charge in [-0.3, -0.25) is 0 Å². The Morgan fingerprint density at radius 1 is 1.47 bits per heavy atom. The molecule has 0 fully saturated rings. The molecule has 17 heavy (non-hydrogen) atoms. The van der Waals surface area contributed by atoms with Crippen LogP contribution in [0.1, 0.15) is 16.1 Å². The van der Waals surface area contributed by atoms with Crippen molar-refractivity contribution in [3.63, 3.8) is 0 Å². The molecule has 0 N–H and O–H groups in total. The summed E-state index contributed by atoms with van der Waals surface area (Å²) < 4.78 is 20.2. The number of rotatable bonds is 2. The summed E-state index contributed by atoms with van der Waals surface area (Å²) in [5.41, 5.74) is 4.02. The van der Waals surface area contributed by atoms with Crippen LogP contribution in [0.15, 0.2) is 28.7 Å². The molecule has 5 heteroatoms. The van der Waals surface area contributed by atoms with Crippen LogP contribution in [-0.2, 0) is 9.30 Å². The van der Waals surface area contributed by atoms with Crippen LogP contribution in [0.2, 0.25) is 0 Å². The van der Waals surface area contributed by atoms with Gasteiger partial charge in [0.1, 0.15) is 0 Å². The average molecular weight is 248 g/mol. The van der Waals surface area contributed by atoms with E-state index < -0.39 is 5.97 Å². The number of hydrogen-bond donors (Lipinski definition) is 0. The van der Waals surface area contributed by atoms with Crippen molar-refractivity contribution in [2.75, 3.05) is 6.61 Å². The Morgan fingerprint density at radius 2 is 2.29 bits per heavy atom. The van der Waals surface area contributed by atoms with Gasteiger partial charge < -0.3 is 0 Å². The number of carbonyl (C=O) groups excluding carboxylic acids is 1. The number of esters is 1. The number of aryl methyl sites for hydroxylation is 1. The van der Waals surface area contributed by atoms with Crippen molar-refractivity contribution in [1.29, 1.82) is 0 Å². The summed E-state index contributed by atoms with van der Waals surface area (Å²) in [6, 6.07) is 7.27. The third-order valence-corrected chi connectivity index (χ3v) is 2.47. The standard InChI is InChI=1S/C12H9O4P/c1-8-2-3-9-7-11(16-10(9)6-8)12(13)15-4-5-17-14/h2-3,6-7H,4H2,1H3. The molecule has 0 radical (unpaired) electrons. The summed E-state index contributed by atoms with van der Waals surface area (Å²) in [6.07, 6.45) is 0. The Kier molecular flexibility index (Phi) is 3.48. The molecule has 0 amide bonds.